The number of hydrogen-bond donors (Lipinski definition) is 3. The van der Waals surface area contributed by atoms with Gasteiger partial charge in [-0.25, -0.2) is 10.4 Å². The topological polar surface area (TPSA) is 150 Å². The lowest BCUT2D eigenvalue weighted by molar-refractivity contribution is -0.130. The first-order valence-electron chi connectivity index (χ1n) is 14.6. The molecule has 1 aliphatic heterocycles. The lowest BCUT2D eigenvalue weighted by Gasteiger charge is -2.31. The Kier molecular flexibility index (Phi) is 10.9. The molecule has 1 heterocycles. The number of carbonyl (C=O) groups excluding carboxylic acids is 1. The smallest absolute Gasteiger partial charge is 0.266 e. The van der Waals surface area contributed by atoms with E-state index in [0.717, 1.165) is 21.3 Å². The van der Waals surface area contributed by atoms with Crippen molar-refractivity contribution in [2.45, 2.75) is 31.0 Å². The first kappa shape index (κ1) is 32.5. The Balaban J connectivity index is 1.55. The number of hydrogen-bond acceptors (Lipinski definition) is 8. The number of nitrogens with zero attached hydrogens (tertiary/aromatic N) is 4. The van der Waals surface area contributed by atoms with Gasteiger partial charge in [0.05, 0.1) is 13.7 Å². The SMILES string of the molecule is COc1ccc(CNNC(=O)[C@@]2(Cc3ccccc3N=[N+]=[N-])N=C(c3ccc(OCCCO)cc3)O[C@H]2c2ccccc2Br)cc1. The minimum Gasteiger partial charge on any atom is -0.497 e. The van der Waals surface area contributed by atoms with Crippen LogP contribution in [0.15, 0.2) is 112 Å². The van der Waals surface area contributed by atoms with Crippen LogP contribution >= 0.6 is 15.9 Å². The third kappa shape index (κ3) is 7.49. The van der Waals surface area contributed by atoms with Gasteiger partial charge in [-0.05, 0) is 59.1 Å². The Morgan fingerprint density at radius 2 is 1.76 bits per heavy atom. The van der Waals surface area contributed by atoms with Gasteiger partial charge in [-0.3, -0.25) is 10.2 Å². The molecule has 0 aromatic heterocycles. The van der Waals surface area contributed by atoms with E-state index < -0.39 is 17.6 Å². The Bertz CT molecular complexity index is 1730. The average Bonchev–Trinajstić information content (AvgIpc) is 3.47. The van der Waals surface area contributed by atoms with Crippen molar-refractivity contribution in [1.82, 2.24) is 10.9 Å². The highest BCUT2D eigenvalue weighted by molar-refractivity contribution is 9.10. The molecule has 0 saturated heterocycles. The molecule has 11 nitrogen and oxygen atoms in total. The molecule has 0 fully saturated rings. The second-order valence-corrected chi connectivity index (χ2v) is 11.3. The van der Waals surface area contributed by atoms with E-state index in [4.69, 9.17) is 24.3 Å². The summed E-state index contributed by atoms with van der Waals surface area (Å²) in [5, 5.41) is 13.0. The number of methoxy groups -OCH3 is 1. The van der Waals surface area contributed by atoms with Crippen molar-refractivity contribution in [3.63, 3.8) is 0 Å². The van der Waals surface area contributed by atoms with Gasteiger partial charge in [0, 0.05) is 52.2 Å². The molecule has 46 heavy (non-hydrogen) atoms. The van der Waals surface area contributed by atoms with Gasteiger partial charge >= 0.3 is 0 Å². The number of hydrazine groups is 1. The number of carbonyl (C=O) groups is 1. The van der Waals surface area contributed by atoms with E-state index >= 15 is 0 Å². The summed E-state index contributed by atoms with van der Waals surface area (Å²) < 4.78 is 18.3. The molecule has 1 amide bonds. The zero-order valence-corrected chi connectivity index (χ0v) is 26.7. The number of ether oxygens (including phenoxy) is 3. The molecule has 0 radical (unpaired) electrons. The molecule has 1 aliphatic rings. The van der Waals surface area contributed by atoms with E-state index in [-0.39, 0.29) is 18.9 Å². The molecule has 0 bridgehead atoms. The summed E-state index contributed by atoms with van der Waals surface area (Å²) in [5.74, 6) is 1.20. The van der Waals surface area contributed by atoms with Crippen molar-refractivity contribution in [3.05, 3.63) is 134 Å². The van der Waals surface area contributed by atoms with E-state index in [1.165, 1.54) is 0 Å². The molecule has 0 aliphatic carbocycles. The number of aliphatic hydroxyl groups is 1. The van der Waals surface area contributed by atoms with Gasteiger partial charge in [-0.1, -0.05) is 75.6 Å². The monoisotopic (exact) mass is 684 g/mol. The predicted octanol–water partition coefficient (Wildman–Crippen LogP) is 6.48. The Morgan fingerprint density at radius 3 is 2.48 bits per heavy atom. The molecule has 236 valence electrons. The quantitative estimate of drug-likeness (QED) is 0.0455. The summed E-state index contributed by atoms with van der Waals surface area (Å²) in [6.45, 7) is 0.770. The summed E-state index contributed by atoms with van der Waals surface area (Å²) in [4.78, 5) is 22.5. The van der Waals surface area contributed by atoms with Crippen molar-refractivity contribution >= 4 is 33.4 Å². The number of azide groups is 1. The first-order valence-corrected chi connectivity index (χ1v) is 15.4. The molecule has 0 unspecified atom stereocenters. The maximum absolute atomic E-state index is 14.5. The fourth-order valence-electron chi connectivity index (χ4n) is 5.12. The van der Waals surface area contributed by atoms with Crippen LogP contribution in [0.2, 0.25) is 0 Å². The highest BCUT2D eigenvalue weighted by atomic mass is 79.9. The van der Waals surface area contributed by atoms with Gasteiger partial charge in [0.15, 0.2) is 11.6 Å². The normalized spacial score (nSPS) is 16.9. The van der Waals surface area contributed by atoms with Crippen molar-refractivity contribution in [2.75, 3.05) is 20.3 Å². The van der Waals surface area contributed by atoms with Crippen LogP contribution in [0.4, 0.5) is 5.69 Å². The molecule has 3 N–H and O–H groups in total. The van der Waals surface area contributed by atoms with Crippen LogP contribution in [0.1, 0.15) is 34.8 Å². The Labute approximate surface area is 275 Å². The van der Waals surface area contributed by atoms with Crippen molar-refractivity contribution < 1.29 is 24.1 Å². The highest BCUT2D eigenvalue weighted by Gasteiger charge is 2.54. The number of aliphatic hydroxyl groups excluding tert-OH is 1. The zero-order valence-electron chi connectivity index (χ0n) is 25.1. The van der Waals surface area contributed by atoms with E-state index in [0.29, 0.717) is 42.1 Å². The van der Waals surface area contributed by atoms with Gasteiger partial charge in [-0.2, -0.15) is 0 Å². The van der Waals surface area contributed by atoms with Crippen LogP contribution in [0.5, 0.6) is 11.5 Å². The molecule has 0 spiro atoms. The van der Waals surface area contributed by atoms with Gasteiger partial charge < -0.3 is 19.3 Å². The third-order valence-electron chi connectivity index (χ3n) is 7.48. The predicted molar refractivity (Wildman–Crippen MR) is 178 cm³/mol. The molecule has 2 atom stereocenters. The highest BCUT2D eigenvalue weighted by Crippen LogP contribution is 2.45. The van der Waals surface area contributed by atoms with Crippen LogP contribution in [-0.2, 0) is 22.5 Å². The second kappa shape index (κ2) is 15.4. The minimum atomic E-state index is -1.52. The van der Waals surface area contributed by atoms with E-state index in [1.807, 2.05) is 72.8 Å². The van der Waals surface area contributed by atoms with Gasteiger partial charge in [0.25, 0.3) is 5.91 Å². The van der Waals surface area contributed by atoms with Gasteiger partial charge in [-0.15, -0.1) is 0 Å². The average molecular weight is 686 g/mol. The van der Waals surface area contributed by atoms with Gasteiger partial charge in [0.1, 0.15) is 11.5 Å². The third-order valence-corrected chi connectivity index (χ3v) is 8.20. The molecule has 4 aromatic carbocycles. The van der Waals surface area contributed by atoms with Crippen molar-refractivity contribution in [1.29, 1.82) is 0 Å². The van der Waals surface area contributed by atoms with Gasteiger partial charge in [0.2, 0.25) is 5.90 Å². The van der Waals surface area contributed by atoms with Crippen LogP contribution in [0, 0.1) is 0 Å². The summed E-state index contributed by atoms with van der Waals surface area (Å²) >= 11 is 3.65. The maximum Gasteiger partial charge on any atom is 0.266 e. The zero-order chi connectivity index (χ0) is 32.4. The van der Waals surface area contributed by atoms with Crippen LogP contribution in [-0.4, -0.2) is 42.8 Å². The lowest BCUT2D eigenvalue weighted by Crippen LogP contribution is -2.53. The molecule has 12 heteroatoms. The first-order chi connectivity index (χ1) is 22.5. The van der Waals surface area contributed by atoms with E-state index in [1.54, 1.807) is 31.4 Å². The number of nitrogens with one attached hydrogen (secondary N) is 2. The Morgan fingerprint density at radius 1 is 1.04 bits per heavy atom. The summed E-state index contributed by atoms with van der Waals surface area (Å²) in [6, 6.07) is 29.3. The molecule has 0 saturated carbocycles. The van der Waals surface area contributed by atoms with Crippen molar-refractivity contribution in [3.8, 4) is 11.5 Å². The van der Waals surface area contributed by atoms with Crippen LogP contribution < -0.4 is 20.3 Å². The molecular formula is C34H33BrN6O5. The van der Waals surface area contributed by atoms with Crippen LogP contribution in [0.3, 0.4) is 0 Å². The van der Waals surface area contributed by atoms with Crippen molar-refractivity contribution in [2.24, 2.45) is 10.1 Å². The fourth-order valence-corrected chi connectivity index (χ4v) is 5.61. The lowest BCUT2D eigenvalue weighted by atomic mass is 9.81. The molecule has 4 aromatic rings. The summed E-state index contributed by atoms with van der Waals surface area (Å²) in [6.07, 6.45) is -0.275. The number of aliphatic imine (C=N–C) groups is 1. The fraction of sp³-hybridized carbons (Fsp3) is 0.235. The van der Waals surface area contributed by atoms with E-state index in [9.17, 15) is 10.3 Å². The molecular weight excluding hydrogens is 652 g/mol. The Hall–Kier alpha value is -4.87. The minimum absolute atomic E-state index is 0.0427. The number of rotatable bonds is 14. The van der Waals surface area contributed by atoms with E-state index in [2.05, 4.69) is 36.8 Å². The summed E-state index contributed by atoms with van der Waals surface area (Å²) in [5.41, 5.74) is 17.0. The standard InChI is InChI=1S/C34H33BrN6O5/c1-44-26-15-11-23(12-16-26)22-37-40-33(43)34(21-25-7-2-5-10-30(25)39-41-36)31(28-8-3-4-9-29(28)35)46-32(38-34)24-13-17-27(18-14-24)45-20-6-19-42/h2-5,7-18,31,37,42H,6,19-22H2,1H3,(H,40,43)/t31-,34-/m0/s1. The summed E-state index contributed by atoms with van der Waals surface area (Å²) in [7, 11) is 1.61. The second-order valence-electron chi connectivity index (χ2n) is 10.5. The largest absolute Gasteiger partial charge is 0.497 e. The molecule has 5 rings (SSSR count). The number of benzene rings is 4. The number of halogens is 1. The number of amides is 1. The van der Waals surface area contributed by atoms with Crippen LogP contribution in [0.25, 0.3) is 10.4 Å². The maximum atomic E-state index is 14.5.